The molecule has 0 rings (SSSR count). The van der Waals surface area contributed by atoms with Crippen LogP contribution in [0.3, 0.4) is 0 Å². The van der Waals surface area contributed by atoms with Crippen molar-refractivity contribution in [1.29, 1.82) is 0 Å². The molecular formula is C11H21NOS. The Labute approximate surface area is 91.5 Å². The van der Waals surface area contributed by atoms with Crippen LogP contribution in [0.1, 0.15) is 41.5 Å². The molecule has 0 fully saturated rings. The molecule has 1 N–H and O–H groups in total. The van der Waals surface area contributed by atoms with Crippen LogP contribution >= 0.6 is 11.8 Å². The van der Waals surface area contributed by atoms with Crippen LogP contribution in [0.5, 0.6) is 0 Å². The molecule has 0 unspecified atom stereocenters. The maximum absolute atomic E-state index is 11.3. The molecular weight excluding hydrogens is 194 g/mol. The monoisotopic (exact) mass is 215 g/mol. The van der Waals surface area contributed by atoms with Gasteiger partial charge in [-0.25, -0.2) is 0 Å². The SMILES string of the molecule is CC(C)(C)NC(=O)/C=C/SC(C)(C)C. The summed E-state index contributed by atoms with van der Waals surface area (Å²) in [5, 5.41) is 4.71. The second-order valence-corrected chi connectivity index (χ2v) is 7.00. The lowest BCUT2D eigenvalue weighted by Gasteiger charge is -2.19. The van der Waals surface area contributed by atoms with E-state index >= 15 is 0 Å². The summed E-state index contributed by atoms with van der Waals surface area (Å²) < 4.78 is 0.165. The van der Waals surface area contributed by atoms with Gasteiger partial charge in [-0.15, -0.1) is 11.8 Å². The Hall–Kier alpha value is -0.440. The molecule has 82 valence electrons. The second-order valence-electron chi connectivity index (χ2n) is 5.27. The Bertz CT molecular complexity index is 220. The fourth-order valence-electron chi connectivity index (χ4n) is 0.711. The van der Waals surface area contributed by atoms with Gasteiger partial charge in [0, 0.05) is 16.4 Å². The van der Waals surface area contributed by atoms with Crippen LogP contribution < -0.4 is 5.32 Å². The van der Waals surface area contributed by atoms with Gasteiger partial charge >= 0.3 is 0 Å². The van der Waals surface area contributed by atoms with E-state index in [1.165, 1.54) is 0 Å². The Balaban J connectivity index is 3.96. The zero-order chi connectivity index (χ0) is 11.4. The number of carbonyl (C=O) groups is 1. The van der Waals surface area contributed by atoms with Crippen LogP contribution in [0.4, 0.5) is 0 Å². The average Bonchev–Trinajstić information content (AvgIpc) is 1.78. The van der Waals surface area contributed by atoms with E-state index in [0.29, 0.717) is 0 Å². The Morgan fingerprint density at radius 2 is 1.64 bits per heavy atom. The smallest absolute Gasteiger partial charge is 0.244 e. The molecule has 0 aromatic rings. The highest BCUT2D eigenvalue weighted by Gasteiger charge is 2.12. The van der Waals surface area contributed by atoms with E-state index in [2.05, 4.69) is 26.1 Å². The molecule has 0 bridgehead atoms. The predicted octanol–water partition coefficient (Wildman–Crippen LogP) is 2.95. The number of carbonyl (C=O) groups excluding carboxylic acids is 1. The summed E-state index contributed by atoms with van der Waals surface area (Å²) in [5.41, 5.74) is -0.159. The fraction of sp³-hybridized carbons (Fsp3) is 0.727. The molecule has 0 aromatic heterocycles. The molecule has 0 heterocycles. The maximum Gasteiger partial charge on any atom is 0.244 e. The van der Waals surface area contributed by atoms with Gasteiger partial charge < -0.3 is 5.32 Å². The summed E-state index contributed by atoms with van der Waals surface area (Å²) in [6, 6.07) is 0. The van der Waals surface area contributed by atoms with Crippen LogP contribution in [0, 0.1) is 0 Å². The van der Waals surface area contributed by atoms with Crippen LogP contribution in [0.15, 0.2) is 11.5 Å². The number of amides is 1. The molecule has 0 atom stereocenters. The van der Waals surface area contributed by atoms with Crippen LogP contribution in [0.2, 0.25) is 0 Å². The third kappa shape index (κ3) is 9.65. The van der Waals surface area contributed by atoms with Gasteiger partial charge in [0.25, 0.3) is 0 Å². The summed E-state index contributed by atoms with van der Waals surface area (Å²) in [6.45, 7) is 12.2. The first-order valence-corrected chi connectivity index (χ1v) is 5.65. The van der Waals surface area contributed by atoms with Crippen molar-refractivity contribution in [2.75, 3.05) is 0 Å². The Morgan fingerprint density at radius 3 is 2.00 bits per heavy atom. The number of hydrogen-bond acceptors (Lipinski definition) is 2. The van der Waals surface area contributed by atoms with Crippen molar-refractivity contribution < 1.29 is 4.79 Å². The summed E-state index contributed by atoms with van der Waals surface area (Å²) >= 11 is 1.65. The minimum absolute atomic E-state index is 0.0331. The van der Waals surface area contributed by atoms with Crippen molar-refractivity contribution in [1.82, 2.24) is 5.32 Å². The quantitative estimate of drug-likeness (QED) is 0.718. The molecule has 1 amide bonds. The Morgan fingerprint density at radius 1 is 1.14 bits per heavy atom. The standard InChI is InChI=1S/C11H21NOS/c1-10(2,3)12-9(13)7-8-14-11(4,5)6/h7-8H,1-6H3,(H,12,13)/b8-7+. The van der Waals surface area contributed by atoms with Gasteiger partial charge in [-0.1, -0.05) is 20.8 Å². The molecule has 14 heavy (non-hydrogen) atoms. The van der Waals surface area contributed by atoms with Crippen LogP contribution in [-0.2, 0) is 4.79 Å². The van der Waals surface area contributed by atoms with Crippen LogP contribution in [-0.4, -0.2) is 16.2 Å². The number of hydrogen-bond donors (Lipinski definition) is 1. The van der Waals surface area contributed by atoms with E-state index in [0.717, 1.165) is 0 Å². The molecule has 0 aliphatic carbocycles. The highest BCUT2D eigenvalue weighted by atomic mass is 32.2. The van der Waals surface area contributed by atoms with Gasteiger partial charge in [-0.05, 0) is 26.2 Å². The molecule has 2 nitrogen and oxygen atoms in total. The van der Waals surface area contributed by atoms with Crippen molar-refractivity contribution in [3.63, 3.8) is 0 Å². The summed E-state index contributed by atoms with van der Waals surface area (Å²) in [4.78, 5) is 11.3. The summed E-state index contributed by atoms with van der Waals surface area (Å²) in [5.74, 6) is -0.0331. The van der Waals surface area contributed by atoms with E-state index in [9.17, 15) is 4.79 Å². The molecule has 0 saturated heterocycles. The van der Waals surface area contributed by atoms with Gasteiger partial charge in [-0.3, -0.25) is 4.79 Å². The highest BCUT2D eigenvalue weighted by Crippen LogP contribution is 2.23. The molecule has 0 saturated carbocycles. The van der Waals surface area contributed by atoms with Crippen molar-refractivity contribution in [3.05, 3.63) is 11.5 Å². The van der Waals surface area contributed by atoms with Gasteiger partial charge in [0.2, 0.25) is 5.91 Å². The molecule has 0 aliphatic heterocycles. The summed E-state index contributed by atoms with van der Waals surface area (Å²) in [7, 11) is 0. The first-order chi connectivity index (χ1) is 6.10. The van der Waals surface area contributed by atoms with Gasteiger partial charge in [0.15, 0.2) is 0 Å². The third-order valence-corrected chi connectivity index (χ3v) is 2.12. The largest absolute Gasteiger partial charge is 0.348 e. The maximum atomic E-state index is 11.3. The first-order valence-electron chi connectivity index (χ1n) is 4.77. The van der Waals surface area contributed by atoms with Crippen LogP contribution in [0.25, 0.3) is 0 Å². The fourth-order valence-corrected chi connectivity index (χ4v) is 1.31. The minimum Gasteiger partial charge on any atom is -0.348 e. The van der Waals surface area contributed by atoms with Crippen molar-refractivity contribution >= 4 is 17.7 Å². The number of nitrogens with one attached hydrogen (secondary N) is 1. The normalized spacial score (nSPS) is 13.3. The zero-order valence-electron chi connectivity index (χ0n) is 9.97. The van der Waals surface area contributed by atoms with E-state index in [1.54, 1.807) is 17.8 Å². The predicted molar refractivity (Wildman–Crippen MR) is 64.4 cm³/mol. The molecule has 3 heteroatoms. The molecule has 0 aromatic carbocycles. The molecule has 0 aliphatic rings. The number of rotatable bonds is 2. The lowest BCUT2D eigenvalue weighted by molar-refractivity contribution is -0.117. The van der Waals surface area contributed by atoms with E-state index in [-0.39, 0.29) is 16.2 Å². The van der Waals surface area contributed by atoms with E-state index in [1.807, 2.05) is 26.2 Å². The molecule has 0 spiro atoms. The lowest BCUT2D eigenvalue weighted by Crippen LogP contribution is -2.39. The number of thioether (sulfide) groups is 1. The van der Waals surface area contributed by atoms with Crippen molar-refractivity contribution in [2.24, 2.45) is 0 Å². The zero-order valence-corrected chi connectivity index (χ0v) is 10.8. The van der Waals surface area contributed by atoms with E-state index < -0.39 is 0 Å². The van der Waals surface area contributed by atoms with Gasteiger partial charge in [0.1, 0.15) is 0 Å². The van der Waals surface area contributed by atoms with Gasteiger partial charge in [-0.2, -0.15) is 0 Å². The second kappa shape index (κ2) is 4.87. The molecule has 0 radical (unpaired) electrons. The van der Waals surface area contributed by atoms with Crippen molar-refractivity contribution in [2.45, 2.75) is 51.8 Å². The van der Waals surface area contributed by atoms with Crippen molar-refractivity contribution in [3.8, 4) is 0 Å². The minimum atomic E-state index is -0.159. The van der Waals surface area contributed by atoms with E-state index in [4.69, 9.17) is 0 Å². The Kier molecular flexibility index (Phi) is 4.72. The lowest BCUT2D eigenvalue weighted by atomic mass is 10.1. The van der Waals surface area contributed by atoms with Gasteiger partial charge in [0.05, 0.1) is 0 Å². The average molecular weight is 215 g/mol. The highest BCUT2D eigenvalue weighted by molar-refractivity contribution is 8.03. The first kappa shape index (κ1) is 13.6. The summed E-state index contributed by atoms with van der Waals surface area (Å²) in [6.07, 6.45) is 1.58. The topological polar surface area (TPSA) is 29.1 Å². The third-order valence-electron chi connectivity index (χ3n) is 1.14.